The standard InChI is InChI=1S/C18H32Cl2N2P2/c1-11(2)9-15-17(13(5)6)23(19)22-16(10-12(3)4)18(14(7)8)24(20)21(15)22/h11-14H,9-10H2,1-8H3. The summed E-state index contributed by atoms with van der Waals surface area (Å²) < 4.78 is 4.80. The van der Waals surface area contributed by atoms with Crippen LogP contribution in [0.2, 0.25) is 0 Å². The van der Waals surface area contributed by atoms with E-state index in [0.29, 0.717) is 23.7 Å². The minimum Gasteiger partial charge on any atom is -0.244 e. The zero-order valence-electron chi connectivity index (χ0n) is 16.3. The molecule has 0 fully saturated rings. The Morgan fingerprint density at radius 3 is 1.17 bits per heavy atom. The molecular weight excluding hydrogens is 377 g/mol. The molecule has 0 saturated carbocycles. The largest absolute Gasteiger partial charge is 0.244 e. The Balaban J connectivity index is 2.52. The summed E-state index contributed by atoms with van der Waals surface area (Å²) in [5.41, 5.74) is 2.80. The molecule has 0 saturated heterocycles. The maximum absolute atomic E-state index is 7.07. The van der Waals surface area contributed by atoms with Crippen LogP contribution >= 0.6 is 37.3 Å². The molecule has 2 rings (SSSR count). The van der Waals surface area contributed by atoms with Crippen LogP contribution in [-0.4, -0.2) is 9.56 Å². The summed E-state index contributed by atoms with van der Waals surface area (Å²) in [6.45, 7) is 18.2. The lowest BCUT2D eigenvalue weighted by atomic mass is 10.0. The highest BCUT2D eigenvalue weighted by molar-refractivity contribution is 7.89. The molecule has 2 unspecified atom stereocenters. The zero-order valence-corrected chi connectivity index (χ0v) is 19.6. The maximum atomic E-state index is 7.07. The molecular formula is C18H32Cl2N2P2. The van der Waals surface area contributed by atoms with Gasteiger partial charge in [-0.2, -0.15) is 0 Å². The fraction of sp³-hybridized carbons (Fsp3) is 0.778. The average molecular weight is 409 g/mol. The van der Waals surface area contributed by atoms with Gasteiger partial charge in [0.2, 0.25) is 0 Å². The van der Waals surface area contributed by atoms with Crippen LogP contribution in [0.5, 0.6) is 0 Å². The lowest BCUT2D eigenvalue weighted by Crippen LogP contribution is -2.24. The third-order valence-electron chi connectivity index (χ3n) is 4.28. The minimum atomic E-state index is -0.841. The number of halogens is 2. The van der Waals surface area contributed by atoms with E-state index in [-0.39, 0.29) is 0 Å². The predicted molar refractivity (Wildman–Crippen MR) is 112 cm³/mol. The zero-order chi connectivity index (χ0) is 18.3. The maximum Gasteiger partial charge on any atom is 0.140 e. The number of hydrazine groups is 1. The van der Waals surface area contributed by atoms with E-state index in [4.69, 9.17) is 22.5 Å². The molecule has 0 aromatic heterocycles. The van der Waals surface area contributed by atoms with Gasteiger partial charge >= 0.3 is 0 Å². The van der Waals surface area contributed by atoms with Crippen LogP contribution in [0, 0.1) is 23.7 Å². The van der Waals surface area contributed by atoms with Crippen molar-refractivity contribution in [2.45, 2.75) is 68.2 Å². The molecule has 2 heterocycles. The van der Waals surface area contributed by atoms with Gasteiger partial charge in [0.05, 0.1) is 0 Å². The minimum absolute atomic E-state index is 0.468. The van der Waals surface area contributed by atoms with Crippen molar-refractivity contribution in [1.29, 1.82) is 0 Å². The van der Waals surface area contributed by atoms with E-state index in [0.717, 1.165) is 12.8 Å². The first-order valence-corrected chi connectivity index (χ1v) is 13.5. The summed E-state index contributed by atoms with van der Waals surface area (Å²) >= 11 is 14.1. The number of hydrogen-bond donors (Lipinski definition) is 0. The third-order valence-corrected chi connectivity index (χ3v) is 10.2. The molecule has 2 aliphatic heterocycles. The molecule has 6 heteroatoms. The first kappa shape index (κ1) is 20.8. The number of hydrogen-bond acceptors (Lipinski definition) is 2. The fourth-order valence-corrected chi connectivity index (χ4v) is 10.5. The second-order valence-electron chi connectivity index (χ2n) is 8.27. The van der Waals surface area contributed by atoms with E-state index in [9.17, 15) is 0 Å². The SMILES string of the molecule is CC(C)CC1=C(C(C)C)P(Cl)N2C(CC(C)C)=C(C(C)C)P(Cl)N12. The molecule has 2 atom stereocenters. The normalized spacial score (nSPS) is 24.8. The monoisotopic (exact) mass is 408 g/mol. The van der Waals surface area contributed by atoms with Gasteiger partial charge in [0.15, 0.2) is 0 Å². The summed E-state index contributed by atoms with van der Waals surface area (Å²) in [4.78, 5) is 0. The fourth-order valence-electron chi connectivity index (χ4n) is 3.45. The van der Waals surface area contributed by atoms with E-state index >= 15 is 0 Å². The van der Waals surface area contributed by atoms with Gasteiger partial charge in [-0.15, -0.1) is 0 Å². The summed E-state index contributed by atoms with van der Waals surface area (Å²) in [6, 6.07) is 0. The molecule has 0 radical (unpaired) electrons. The molecule has 0 amide bonds. The second kappa shape index (κ2) is 8.04. The first-order chi connectivity index (χ1) is 11.1. The number of fused-ring (bicyclic) bond motifs is 1. The van der Waals surface area contributed by atoms with E-state index < -0.39 is 14.9 Å². The summed E-state index contributed by atoms with van der Waals surface area (Å²) in [5, 5.41) is 2.86. The van der Waals surface area contributed by atoms with Crippen molar-refractivity contribution in [2.24, 2.45) is 23.7 Å². The molecule has 2 nitrogen and oxygen atoms in total. The Morgan fingerprint density at radius 1 is 0.667 bits per heavy atom. The van der Waals surface area contributed by atoms with Crippen molar-refractivity contribution in [2.75, 3.05) is 0 Å². The number of allylic oxidation sites excluding steroid dienone is 4. The molecule has 0 aromatic rings. The average Bonchev–Trinajstić information content (AvgIpc) is 2.83. The Labute approximate surface area is 160 Å². The third kappa shape index (κ3) is 3.78. The molecule has 24 heavy (non-hydrogen) atoms. The van der Waals surface area contributed by atoms with Crippen LogP contribution in [0.1, 0.15) is 68.2 Å². The van der Waals surface area contributed by atoms with Crippen molar-refractivity contribution in [3.8, 4) is 0 Å². The lowest BCUT2D eigenvalue weighted by molar-refractivity contribution is 0.282. The highest BCUT2D eigenvalue weighted by Gasteiger charge is 2.50. The Hall–Kier alpha value is 0.520. The van der Waals surface area contributed by atoms with Crippen LogP contribution in [0.25, 0.3) is 0 Å². The molecule has 0 bridgehead atoms. The molecule has 0 aliphatic carbocycles. The van der Waals surface area contributed by atoms with Crippen molar-refractivity contribution in [3.05, 3.63) is 22.0 Å². The van der Waals surface area contributed by atoms with E-state index in [1.54, 1.807) is 0 Å². The van der Waals surface area contributed by atoms with Crippen LogP contribution in [0.4, 0.5) is 0 Å². The highest BCUT2D eigenvalue weighted by Crippen LogP contribution is 2.78. The van der Waals surface area contributed by atoms with Crippen LogP contribution in [0.15, 0.2) is 22.0 Å². The van der Waals surface area contributed by atoms with Crippen molar-refractivity contribution < 1.29 is 0 Å². The molecule has 0 spiro atoms. The summed E-state index contributed by atoms with van der Waals surface area (Å²) in [6.07, 6.45) is 2.11. The smallest absolute Gasteiger partial charge is 0.140 e. The molecule has 0 N–H and O–H groups in total. The van der Waals surface area contributed by atoms with Crippen molar-refractivity contribution >= 4 is 37.3 Å². The molecule has 138 valence electrons. The van der Waals surface area contributed by atoms with Gasteiger partial charge in [0.1, 0.15) is 14.9 Å². The molecule has 0 aromatic carbocycles. The highest BCUT2D eigenvalue weighted by atomic mass is 35.7. The predicted octanol–water partition coefficient (Wildman–Crippen LogP) is 8.46. The van der Waals surface area contributed by atoms with Gasteiger partial charge in [-0.25, -0.2) is 9.56 Å². The lowest BCUT2D eigenvalue weighted by Gasteiger charge is -2.32. The van der Waals surface area contributed by atoms with Gasteiger partial charge in [-0.05, 0) is 36.5 Å². The quantitative estimate of drug-likeness (QED) is 0.406. The van der Waals surface area contributed by atoms with E-state index in [1.807, 2.05) is 0 Å². The van der Waals surface area contributed by atoms with E-state index in [1.165, 1.54) is 22.0 Å². The van der Waals surface area contributed by atoms with Crippen LogP contribution in [0.3, 0.4) is 0 Å². The summed E-state index contributed by atoms with van der Waals surface area (Å²) in [5.74, 6) is 2.14. The molecule has 2 aliphatic rings. The first-order valence-electron chi connectivity index (χ1n) is 9.05. The summed E-state index contributed by atoms with van der Waals surface area (Å²) in [7, 11) is -1.68. The van der Waals surface area contributed by atoms with Gasteiger partial charge in [-0.3, -0.25) is 0 Å². The van der Waals surface area contributed by atoms with Crippen molar-refractivity contribution in [3.63, 3.8) is 0 Å². The van der Waals surface area contributed by atoms with Gasteiger partial charge in [0, 0.05) is 22.0 Å². The number of rotatable bonds is 6. The Kier molecular flexibility index (Phi) is 6.98. The van der Waals surface area contributed by atoms with Crippen LogP contribution in [-0.2, 0) is 0 Å². The number of nitrogens with zero attached hydrogens (tertiary/aromatic N) is 2. The van der Waals surface area contributed by atoms with Crippen LogP contribution < -0.4 is 0 Å². The Morgan fingerprint density at radius 2 is 0.958 bits per heavy atom. The second-order valence-corrected chi connectivity index (χ2v) is 13.0. The van der Waals surface area contributed by atoms with Gasteiger partial charge in [-0.1, -0.05) is 77.9 Å². The topological polar surface area (TPSA) is 6.48 Å². The van der Waals surface area contributed by atoms with Gasteiger partial charge in [0.25, 0.3) is 0 Å². The Bertz CT molecular complexity index is 493. The van der Waals surface area contributed by atoms with Crippen molar-refractivity contribution in [1.82, 2.24) is 9.56 Å². The van der Waals surface area contributed by atoms with E-state index in [2.05, 4.69) is 64.9 Å². The van der Waals surface area contributed by atoms with Gasteiger partial charge < -0.3 is 0 Å².